The maximum Gasteiger partial charge on any atom is 0.0427 e. The van der Waals surface area contributed by atoms with Crippen molar-refractivity contribution in [3.8, 4) is 0 Å². The van der Waals surface area contributed by atoms with Crippen molar-refractivity contribution in [3.05, 3.63) is 34.9 Å². The minimum atomic E-state index is 0.153. The summed E-state index contributed by atoms with van der Waals surface area (Å²) in [5.41, 5.74) is 10.3. The monoisotopic (exact) mass is 246 g/mol. The lowest BCUT2D eigenvalue weighted by Crippen LogP contribution is -2.31. The highest BCUT2D eigenvalue weighted by Gasteiger charge is 2.23. The molecular formula is C16H26N2. The van der Waals surface area contributed by atoms with E-state index in [0.29, 0.717) is 0 Å². The van der Waals surface area contributed by atoms with Crippen LogP contribution in [0.4, 0.5) is 0 Å². The molecule has 0 radical (unpaired) electrons. The summed E-state index contributed by atoms with van der Waals surface area (Å²) < 4.78 is 0. The fraction of sp³-hybridized carbons (Fsp3) is 0.625. The summed E-state index contributed by atoms with van der Waals surface area (Å²) in [5, 5.41) is 0. The van der Waals surface area contributed by atoms with Gasteiger partial charge in [-0.2, -0.15) is 0 Å². The quantitative estimate of drug-likeness (QED) is 0.885. The molecule has 2 heteroatoms. The fourth-order valence-electron chi connectivity index (χ4n) is 2.95. The number of nitrogens with zero attached hydrogens (tertiary/aromatic N) is 1. The smallest absolute Gasteiger partial charge is 0.0427 e. The van der Waals surface area contributed by atoms with E-state index in [-0.39, 0.29) is 6.04 Å². The summed E-state index contributed by atoms with van der Waals surface area (Å²) in [5.74, 6) is 0.885. The topological polar surface area (TPSA) is 29.3 Å². The molecule has 1 heterocycles. The first-order chi connectivity index (χ1) is 8.60. The zero-order valence-corrected chi connectivity index (χ0v) is 11.9. The molecule has 2 atom stereocenters. The van der Waals surface area contributed by atoms with Crippen LogP contribution in [-0.4, -0.2) is 24.5 Å². The lowest BCUT2D eigenvalue weighted by molar-refractivity contribution is 0.302. The number of hydrogen-bond acceptors (Lipinski definition) is 2. The molecule has 18 heavy (non-hydrogen) atoms. The maximum atomic E-state index is 6.39. The molecule has 0 spiro atoms. The van der Waals surface area contributed by atoms with E-state index < -0.39 is 0 Å². The predicted octanol–water partition coefficient (Wildman–Crippen LogP) is 3.04. The van der Waals surface area contributed by atoms with E-state index in [2.05, 4.69) is 43.9 Å². The summed E-state index contributed by atoms with van der Waals surface area (Å²) in [4.78, 5) is 2.53. The van der Waals surface area contributed by atoms with Crippen LogP contribution in [0.5, 0.6) is 0 Å². The third-order valence-electron chi connectivity index (χ3n) is 4.24. The second-order valence-corrected chi connectivity index (χ2v) is 5.79. The Hall–Kier alpha value is -0.860. The largest absolute Gasteiger partial charge is 0.323 e. The highest BCUT2D eigenvalue weighted by Crippen LogP contribution is 2.23. The molecule has 1 aromatic carbocycles. The van der Waals surface area contributed by atoms with E-state index >= 15 is 0 Å². The Morgan fingerprint density at radius 2 is 2.17 bits per heavy atom. The average molecular weight is 246 g/mol. The molecule has 1 aliphatic heterocycles. The van der Waals surface area contributed by atoms with E-state index in [4.69, 9.17) is 5.73 Å². The van der Waals surface area contributed by atoms with Gasteiger partial charge < -0.3 is 10.6 Å². The van der Waals surface area contributed by atoms with Gasteiger partial charge in [0.2, 0.25) is 0 Å². The Labute approximate surface area is 111 Å². The molecule has 1 fully saturated rings. The molecule has 2 nitrogen and oxygen atoms in total. The van der Waals surface area contributed by atoms with Crippen molar-refractivity contribution in [2.24, 2.45) is 11.7 Å². The van der Waals surface area contributed by atoms with Gasteiger partial charge in [-0.15, -0.1) is 0 Å². The minimum Gasteiger partial charge on any atom is -0.323 e. The fourth-order valence-corrected chi connectivity index (χ4v) is 2.95. The molecule has 2 rings (SSSR count). The molecule has 2 N–H and O–H groups in total. The number of benzene rings is 1. The molecule has 1 aliphatic rings. The summed E-state index contributed by atoms with van der Waals surface area (Å²) in [6.07, 6.45) is 2.64. The third-order valence-corrected chi connectivity index (χ3v) is 4.24. The second kappa shape index (κ2) is 5.85. The van der Waals surface area contributed by atoms with Crippen LogP contribution in [-0.2, 0) is 0 Å². The lowest BCUT2D eigenvalue weighted by atomic mass is 9.99. The lowest BCUT2D eigenvalue weighted by Gasteiger charge is -2.22. The van der Waals surface area contributed by atoms with Crippen LogP contribution in [0.1, 0.15) is 42.5 Å². The van der Waals surface area contributed by atoms with Gasteiger partial charge >= 0.3 is 0 Å². The van der Waals surface area contributed by atoms with Crippen LogP contribution in [0.3, 0.4) is 0 Å². The van der Waals surface area contributed by atoms with Crippen molar-refractivity contribution < 1.29 is 0 Å². The highest BCUT2D eigenvalue weighted by molar-refractivity contribution is 5.33. The number of hydrogen-bond donors (Lipinski definition) is 1. The van der Waals surface area contributed by atoms with Gasteiger partial charge in [-0.25, -0.2) is 0 Å². The average Bonchev–Trinajstić information content (AvgIpc) is 2.80. The Balaban J connectivity index is 1.99. The molecule has 0 bridgehead atoms. The Bertz CT molecular complexity index is 400. The van der Waals surface area contributed by atoms with Gasteiger partial charge in [-0.3, -0.25) is 0 Å². The van der Waals surface area contributed by atoms with Gasteiger partial charge in [0, 0.05) is 19.1 Å². The summed E-state index contributed by atoms with van der Waals surface area (Å²) in [7, 11) is 0. The van der Waals surface area contributed by atoms with E-state index in [1.807, 2.05) is 0 Å². The Morgan fingerprint density at radius 3 is 2.83 bits per heavy atom. The molecule has 100 valence electrons. The van der Waals surface area contributed by atoms with Crippen LogP contribution in [0.25, 0.3) is 0 Å². The summed E-state index contributed by atoms with van der Waals surface area (Å²) >= 11 is 0. The van der Waals surface area contributed by atoms with Crippen molar-refractivity contribution in [1.82, 2.24) is 4.90 Å². The number of aryl methyl sites for hydroxylation is 2. The molecular weight excluding hydrogens is 220 g/mol. The Kier molecular flexibility index (Phi) is 4.41. The first-order valence-electron chi connectivity index (χ1n) is 7.15. The molecule has 0 amide bonds. The maximum absolute atomic E-state index is 6.39. The highest BCUT2D eigenvalue weighted by atomic mass is 15.2. The van der Waals surface area contributed by atoms with E-state index in [0.717, 1.165) is 12.5 Å². The van der Waals surface area contributed by atoms with Gasteiger partial charge in [0.25, 0.3) is 0 Å². The molecule has 1 saturated heterocycles. The van der Waals surface area contributed by atoms with Crippen molar-refractivity contribution in [2.75, 3.05) is 19.6 Å². The van der Waals surface area contributed by atoms with Gasteiger partial charge in [-0.1, -0.05) is 37.1 Å². The number of nitrogens with two attached hydrogens (primary N) is 1. The molecule has 0 aromatic heterocycles. The van der Waals surface area contributed by atoms with Gasteiger partial charge in [0.05, 0.1) is 0 Å². The number of likely N-dealkylation sites (tertiary alicyclic amines) is 1. The van der Waals surface area contributed by atoms with Gasteiger partial charge in [0.15, 0.2) is 0 Å². The molecule has 2 unspecified atom stereocenters. The Morgan fingerprint density at radius 1 is 1.39 bits per heavy atom. The van der Waals surface area contributed by atoms with Crippen molar-refractivity contribution in [2.45, 2.75) is 39.7 Å². The van der Waals surface area contributed by atoms with E-state index in [1.54, 1.807) is 0 Å². The predicted molar refractivity (Wildman–Crippen MR) is 77.7 cm³/mol. The standard InChI is InChI=1S/C16H26N2/c1-4-14-7-8-18(10-14)11-16(17)15-9-12(2)5-6-13(15)3/h5-6,9,14,16H,4,7-8,10-11,17H2,1-3H3. The van der Waals surface area contributed by atoms with Gasteiger partial charge in [-0.05, 0) is 43.9 Å². The molecule has 0 aliphatic carbocycles. The van der Waals surface area contributed by atoms with Crippen molar-refractivity contribution in [1.29, 1.82) is 0 Å². The second-order valence-electron chi connectivity index (χ2n) is 5.79. The van der Waals surface area contributed by atoms with Crippen LogP contribution in [0.15, 0.2) is 18.2 Å². The normalized spacial score (nSPS) is 22.3. The van der Waals surface area contributed by atoms with E-state index in [9.17, 15) is 0 Å². The summed E-state index contributed by atoms with van der Waals surface area (Å²) in [6, 6.07) is 6.74. The van der Waals surface area contributed by atoms with Crippen molar-refractivity contribution >= 4 is 0 Å². The van der Waals surface area contributed by atoms with Crippen LogP contribution < -0.4 is 5.73 Å². The summed E-state index contributed by atoms with van der Waals surface area (Å²) in [6.45, 7) is 10.0. The zero-order valence-electron chi connectivity index (χ0n) is 11.9. The number of rotatable bonds is 4. The molecule has 1 aromatic rings. The first-order valence-corrected chi connectivity index (χ1v) is 7.15. The van der Waals surface area contributed by atoms with E-state index in [1.165, 1.54) is 42.6 Å². The van der Waals surface area contributed by atoms with Crippen LogP contribution in [0.2, 0.25) is 0 Å². The SMILES string of the molecule is CCC1CCN(CC(N)c2cc(C)ccc2C)C1. The van der Waals surface area contributed by atoms with Crippen LogP contribution in [0, 0.1) is 19.8 Å². The molecule has 0 saturated carbocycles. The minimum absolute atomic E-state index is 0.153. The van der Waals surface area contributed by atoms with Crippen LogP contribution >= 0.6 is 0 Å². The van der Waals surface area contributed by atoms with Crippen molar-refractivity contribution in [3.63, 3.8) is 0 Å². The first kappa shape index (κ1) is 13.6. The zero-order chi connectivity index (χ0) is 13.1. The third kappa shape index (κ3) is 3.12. The van der Waals surface area contributed by atoms with Gasteiger partial charge in [0.1, 0.15) is 0 Å².